The lowest BCUT2D eigenvalue weighted by atomic mass is 10.0. The van der Waals surface area contributed by atoms with Crippen LogP contribution in [0.3, 0.4) is 0 Å². The molecule has 0 bridgehead atoms. The fourth-order valence-corrected chi connectivity index (χ4v) is 1.35. The van der Waals surface area contributed by atoms with Crippen molar-refractivity contribution in [1.29, 1.82) is 5.26 Å². The highest BCUT2D eigenvalue weighted by atomic mass is 15.3. The van der Waals surface area contributed by atoms with E-state index in [0.29, 0.717) is 5.56 Å². The summed E-state index contributed by atoms with van der Waals surface area (Å²) in [4.78, 5) is 0. The summed E-state index contributed by atoms with van der Waals surface area (Å²) >= 11 is 0. The van der Waals surface area contributed by atoms with Gasteiger partial charge in [0.25, 0.3) is 0 Å². The molecule has 0 atom stereocenters. The van der Waals surface area contributed by atoms with Crippen LogP contribution in [0.2, 0.25) is 0 Å². The Kier molecular flexibility index (Phi) is 2.28. The standard InChI is InChI=1S/C11H9N3/c12-8-9-4-1-2-5-10(9)11-6-3-7-13-14-11/h1-6,13H,7H2. The molecule has 0 spiro atoms. The van der Waals surface area contributed by atoms with Crippen molar-refractivity contribution in [2.45, 2.75) is 0 Å². The summed E-state index contributed by atoms with van der Waals surface area (Å²) < 4.78 is 0. The highest BCUT2D eigenvalue weighted by Crippen LogP contribution is 2.10. The fraction of sp³-hybridized carbons (Fsp3) is 0.0909. The molecule has 0 fully saturated rings. The van der Waals surface area contributed by atoms with Gasteiger partial charge in [-0.25, -0.2) is 0 Å². The summed E-state index contributed by atoms with van der Waals surface area (Å²) in [6, 6.07) is 9.59. The smallest absolute Gasteiger partial charge is 0.0998 e. The van der Waals surface area contributed by atoms with Crippen molar-refractivity contribution >= 4 is 5.71 Å². The summed E-state index contributed by atoms with van der Waals surface area (Å²) in [7, 11) is 0. The second-order valence-electron chi connectivity index (χ2n) is 2.92. The van der Waals surface area contributed by atoms with Crippen LogP contribution in [0.5, 0.6) is 0 Å². The van der Waals surface area contributed by atoms with Gasteiger partial charge >= 0.3 is 0 Å². The van der Waals surface area contributed by atoms with Crippen LogP contribution in [0, 0.1) is 11.3 Å². The van der Waals surface area contributed by atoms with Crippen molar-refractivity contribution < 1.29 is 0 Å². The zero-order chi connectivity index (χ0) is 9.80. The fourth-order valence-electron chi connectivity index (χ4n) is 1.35. The van der Waals surface area contributed by atoms with Gasteiger partial charge in [-0.3, -0.25) is 0 Å². The van der Waals surface area contributed by atoms with Crippen molar-refractivity contribution in [2.24, 2.45) is 5.10 Å². The first-order valence-electron chi connectivity index (χ1n) is 4.38. The molecule has 14 heavy (non-hydrogen) atoms. The molecule has 1 aromatic rings. The Balaban J connectivity index is 2.46. The number of nitrogens with one attached hydrogen (secondary N) is 1. The van der Waals surface area contributed by atoms with Crippen molar-refractivity contribution in [1.82, 2.24) is 5.43 Å². The lowest BCUT2D eigenvalue weighted by Crippen LogP contribution is -2.15. The van der Waals surface area contributed by atoms with Gasteiger partial charge in [-0.2, -0.15) is 10.4 Å². The van der Waals surface area contributed by atoms with E-state index in [1.807, 2.05) is 30.4 Å². The summed E-state index contributed by atoms with van der Waals surface area (Å²) in [6.45, 7) is 0.748. The maximum atomic E-state index is 8.90. The average Bonchev–Trinajstić information content (AvgIpc) is 2.30. The minimum Gasteiger partial charge on any atom is -0.306 e. The molecule has 1 heterocycles. The number of hydrogen-bond donors (Lipinski definition) is 1. The molecule has 3 heteroatoms. The highest BCUT2D eigenvalue weighted by Gasteiger charge is 2.07. The van der Waals surface area contributed by atoms with E-state index in [2.05, 4.69) is 16.6 Å². The molecule has 1 aliphatic heterocycles. The van der Waals surface area contributed by atoms with Crippen LogP contribution in [0.4, 0.5) is 0 Å². The molecular formula is C11H9N3. The van der Waals surface area contributed by atoms with Gasteiger partial charge < -0.3 is 5.43 Å². The van der Waals surface area contributed by atoms with E-state index in [4.69, 9.17) is 5.26 Å². The number of nitriles is 1. The van der Waals surface area contributed by atoms with Crippen LogP contribution in [0.25, 0.3) is 0 Å². The Labute approximate surface area is 82.4 Å². The van der Waals surface area contributed by atoms with Crippen LogP contribution in [-0.2, 0) is 0 Å². The van der Waals surface area contributed by atoms with Gasteiger partial charge in [-0.15, -0.1) is 0 Å². The Morgan fingerprint density at radius 1 is 1.36 bits per heavy atom. The third kappa shape index (κ3) is 1.50. The van der Waals surface area contributed by atoms with Crippen LogP contribution < -0.4 is 5.43 Å². The van der Waals surface area contributed by atoms with Gasteiger partial charge in [0.2, 0.25) is 0 Å². The van der Waals surface area contributed by atoms with E-state index < -0.39 is 0 Å². The maximum absolute atomic E-state index is 8.90. The molecule has 68 valence electrons. The lowest BCUT2D eigenvalue weighted by Gasteiger charge is -2.08. The van der Waals surface area contributed by atoms with Crippen LogP contribution >= 0.6 is 0 Å². The van der Waals surface area contributed by atoms with E-state index in [-0.39, 0.29) is 0 Å². The largest absolute Gasteiger partial charge is 0.306 e. The molecule has 0 radical (unpaired) electrons. The summed E-state index contributed by atoms with van der Waals surface area (Å²) in [5, 5.41) is 13.0. The molecule has 0 amide bonds. The topological polar surface area (TPSA) is 48.2 Å². The van der Waals surface area contributed by atoms with Gasteiger partial charge in [0.1, 0.15) is 0 Å². The van der Waals surface area contributed by atoms with Crippen molar-refractivity contribution in [3.05, 3.63) is 47.5 Å². The summed E-state index contributed by atoms with van der Waals surface area (Å²) in [6.07, 6.45) is 3.91. The second kappa shape index (κ2) is 3.75. The molecule has 2 rings (SSSR count). The van der Waals surface area contributed by atoms with Crippen molar-refractivity contribution in [2.75, 3.05) is 6.54 Å². The van der Waals surface area contributed by atoms with Crippen molar-refractivity contribution in [3.8, 4) is 6.07 Å². The van der Waals surface area contributed by atoms with E-state index in [0.717, 1.165) is 17.8 Å². The predicted octanol–water partition coefficient (Wildman–Crippen LogP) is 1.42. The van der Waals surface area contributed by atoms with Gasteiger partial charge in [0.05, 0.1) is 23.9 Å². The third-order valence-electron chi connectivity index (χ3n) is 2.01. The molecule has 1 aliphatic rings. The third-order valence-corrected chi connectivity index (χ3v) is 2.01. The van der Waals surface area contributed by atoms with E-state index in [9.17, 15) is 0 Å². The maximum Gasteiger partial charge on any atom is 0.0998 e. The zero-order valence-electron chi connectivity index (χ0n) is 7.57. The number of rotatable bonds is 1. The highest BCUT2D eigenvalue weighted by molar-refractivity contribution is 6.10. The summed E-state index contributed by atoms with van der Waals surface area (Å²) in [5.41, 5.74) is 5.22. The molecule has 0 unspecified atom stereocenters. The van der Waals surface area contributed by atoms with E-state index >= 15 is 0 Å². The van der Waals surface area contributed by atoms with Gasteiger partial charge in [-0.05, 0) is 12.1 Å². The minimum absolute atomic E-state index is 0.652. The molecule has 0 aliphatic carbocycles. The van der Waals surface area contributed by atoms with Gasteiger partial charge in [-0.1, -0.05) is 24.3 Å². The van der Waals surface area contributed by atoms with E-state index in [1.165, 1.54) is 0 Å². The molecule has 0 saturated heterocycles. The Hall–Kier alpha value is -2.08. The molecule has 1 aromatic carbocycles. The zero-order valence-corrected chi connectivity index (χ0v) is 7.57. The first kappa shape index (κ1) is 8.52. The number of hydrogen-bond acceptors (Lipinski definition) is 3. The first-order chi connectivity index (χ1) is 6.92. The quantitative estimate of drug-likeness (QED) is 0.715. The first-order valence-corrected chi connectivity index (χ1v) is 4.38. The Morgan fingerprint density at radius 3 is 2.93 bits per heavy atom. The normalized spacial score (nSPS) is 14.1. The molecule has 3 nitrogen and oxygen atoms in total. The Bertz CT molecular complexity index is 438. The predicted molar refractivity (Wildman–Crippen MR) is 54.8 cm³/mol. The second-order valence-corrected chi connectivity index (χ2v) is 2.92. The van der Waals surface area contributed by atoms with Gasteiger partial charge in [0, 0.05) is 5.56 Å². The lowest BCUT2D eigenvalue weighted by molar-refractivity contribution is 0.817. The molecule has 0 aromatic heterocycles. The summed E-state index contributed by atoms with van der Waals surface area (Å²) in [5.74, 6) is 0. The van der Waals surface area contributed by atoms with Crippen LogP contribution in [-0.4, -0.2) is 12.3 Å². The molecule has 1 N–H and O–H groups in total. The van der Waals surface area contributed by atoms with Gasteiger partial charge in [0.15, 0.2) is 0 Å². The Morgan fingerprint density at radius 2 is 2.21 bits per heavy atom. The number of allylic oxidation sites excluding steroid dienone is 1. The minimum atomic E-state index is 0.652. The molecule has 0 saturated carbocycles. The number of nitrogens with zero attached hydrogens (tertiary/aromatic N) is 2. The van der Waals surface area contributed by atoms with E-state index in [1.54, 1.807) is 6.07 Å². The number of benzene rings is 1. The monoisotopic (exact) mass is 183 g/mol. The number of hydrazone groups is 1. The SMILES string of the molecule is N#Cc1ccccc1C1=NNCC=C1. The van der Waals surface area contributed by atoms with Crippen molar-refractivity contribution in [3.63, 3.8) is 0 Å². The molecular weight excluding hydrogens is 174 g/mol. The van der Waals surface area contributed by atoms with Crippen LogP contribution in [0.15, 0.2) is 41.5 Å². The average molecular weight is 183 g/mol. The van der Waals surface area contributed by atoms with Crippen LogP contribution in [0.1, 0.15) is 11.1 Å².